The fourth-order valence-electron chi connectivity index (χ4n) is 2.28. The van der Waals surface area contributed by atoms with Gasteiger partial charge in [0.05, 0.1) is 12.7 Å². The topological polar surface area (TPSA) is 30.5 Å². The van der Waals surface area contributed by atoms with Crippen molar-refractivity contribution in [2.75, 3.05) is 33.9 Å². The van der Waals surface area contributed by atoms with Gasteiger partial charge in [-0.25, -0.2) is 0 Å². The SMILES string of the molecule is COCCNCC(Cc1cccc(Br)c1)CC(C)OC. The van der Waals surface area contributed by atoms with Gasteiger partial charge in [-0.15, -0.1) is 0 Å². The molecule has 1 aromatic rings. The zero-order chi connectivity index (χ0) is 14.8. The van der Waals surface area contributed by atoms with E-state index in [1.807, 2.05) is 0 Å². The van der Waals surface area contributed by atoms with Crippen LogP contribution in [0.25, 0.3) is 0 Å². The summed E-state index contributed by atoms with van der Waals surface area (Å²) < 4.78 is 11.6. The van der Waals surface area contributed by atoms with Gasteiger partial charge in [-0.3, -0.25) is 0 Å². The van der Waals surface area contributed by atoms with Crippen molar-refractivity contribution in [1.29, 1.82) is 0 Å². The standard InChI is InChI=1S/C16H26BrNO2/c1-13(20-3)9-15(12-18-7-8-19-2)10-14-5-4-6-16(17)11-14/h4-6,11,13,15,18H,7-10,12H2,1-3H3. The second-order valence-corrected chi connectivity index (χ2v) is 6.09. The monoisotopic (exact) mass is 343 g/mol. The first-order chi connectivity index (χ1) is 9.65. The van der Waals surface area contributed by atoms with Crippen LogP contribution in [0.2, 0.25) is 0 Å². The van der Waals surface area contributed by atoms with Crippen LogP contribution in [0.3, 0.4) is 0 Å². The van der Waals surface area contributed by atoms with Gasteiger partial charge in [-0.05, 0) is 49.9 Å². The highest BCUT2D eigenvalue weighted by Gasteiger charge is 2.13. The zero-order valence-corrected chi connectivity index (χ0v) is 14.3. The average molecular weight is 344 g/mol. The molecule has 0 spiro atoms. The third kappa shape index (κ3) is 7.39. The largest absolute Gasteiger partial charge is 0.383 e. The number of halogens is 1. The first kappa shape index (κ1) is 17.6. The summed E-state index contributed by atoms with van der Waals surface area (Å²) in [6.45, 7) is 4.77. The number of benzene rings is 1. The molecule has 1 N–H and O–H groups in total. The lowest BCUT2D eigenvalue weighted by Gasteiger charge is -2.21. The van der Waals surface area contributed by atoms with Crippen LogP contribution in [0.4, 0.5) is 0 Å². The van der Waals surface area contributed by atoms with Crippen LogP contribution >= 0.6 is 15.9 Å². The van der Waals surface area contributed by atoms with E-state index in [1.165, 1.54) is 5.56 Å². The quantitative estimate of drug-likeness (QED) is 0.661. The lowest BCUT2D eigenvalue weighted by molar-refractivity contribution is 0.0941. The Kier molecular flexibility index (Phi) is 9.10. The molecular weight excluding hydrogens is 318 g/mol. The zero-order valence-electron chi connectivity index (χ0n) is 12.7. The van der Waals surface area contributed by atoms with E-state index in [1.54, 1.807) is 14.2 Å². The molecule has 3 nitrogen and oxygen atoms in total. The first-order valence-electron chi connectivity index (χ1n) is 7.12. The molecule has 2 unspecified atom stereocenters. The highest BCUT2D eigenvalue weighted by molar-refractivity contribution is 9.10. The van der Waals surface area contributed by atoms with Crippen molar-refractivity contribution < 1.29 is 9.47 Å². The van der Waals surface area contributed by atoms with Crippen LogP contribution < -0.4 is 5.32 Å². The van der Waals surface area contributed by atoms with Gasteiger partial charge >= 0.3 is 0 Å². The molecule has 0 bridgehead atoms. The Morgan fingerprint density at radius 2 is 2.10 bits per heavy atom. The number of ether oxygens (including phenoxy) is 2. The van der Waals surface area contributed by atoms with E-state index in [4.69, 9.17) is 9.47 Å². The summed E-state index contributed by atoms with van der Waals surface area (Å²) in [4.78, 5) is 0. The van der Waals surface area contributed by atoms with Gasteiger partial charge in [-0.2, -0.15) is 0 Å². The van der Waals surface area contributed by atoms with Crippen molar-refractivity contribution in [3.63, 3.8) is 0 Å². The minimum Gasteiger partial charge on any atom is -0.383 e. The van der Waals surface area contributed by atoms with Crippen LogP contribution in [0, 0.1) is 5.92 Å². The van der Waals surface area contributed by atoms with Gasteiger partial charge in [0.25, 0.3) is 0 Å². The molecule has 20 heavy (non-hydrogen) atoms. The van der Waals surface area contributed by atoms with Crippen molar-refractivity contribution in [3.8, 4) is 0 Å². The summed E-state index contributed by atoms with van der Waals surface area (Å²) in [5.41, 5.74) is 1.36. The predicted molar refractivity (Wildman–Crippen MR) is 87.2 cm³/mol. The number of nitrogens with one attached hydrogen (secondary N) is 1. The molecule has 0 aliphatic heterocycles. The first-order valence-corrected chi connectivity index (χ1v) is 7.92. The molecule has 0 amide bonds. The van der Waals surface area contributed by atoms with Crippen LogP contribution in [0.1, 0.15) is 18.9 Å². The van der Waals surface area contributed by atoms with Crippen molar-refractivity contribution in [1.82, 2.24) is 5.32 Å². The van der Waals surface area contributed by atoms with E-state index in [9.17, 15) is 0 Å². The van der Waals surface area contributed by atoms with Crippen LogP contribution in [-0.2, 0) is 15.9 Å². The molecule has 0 aromatic heterocycles. The normalized spacial score (nSPS) is 14.2. The molecule has 0 saturated heterocycles. The minimum atomic E-state index is 0.288. The lowest BCUT2D eigenvalue weighted by atomic mass is 9.94. The molecule has 114 valence electrons. The van der Waals surface area contributed by atoms with E-state index in [0.29, 0.717) is 5.92 Å². The lowest BCUT2D eigenvalue weighted by Crippen LogP contribution is -2.29. The Hall–Kier alpha value is -0.420. The van der Waals surface area contributed by atoms with E-state index in [0.717, 1.165) is 37.0 Å². The summed E-state index contributed by atoms with van der Waals surface area (Å²) in [5, 5.41) is 3.46. The second-order valence-electron chi connectivity index (χ2n) is 5.18. The maximum Gasteiger partial charge on any atom is 0.0587 e. The van der Waals surface area contributed by atoms with Crippen molar-refractivity contribution in [3.05, 3.63) is 34.3 Å². The summed E-state index contributed by atoms with van der Waals surface area (Å²) in [6, 6.07) is 8.53. The molecule has 0 fully saturated rings. The Morgan fingerprint density at radius 3 is 2.75 bits per heavy atom. The highest BCUT2D eigenvalue weighted by atomic mass is 79.9. The van der Waals surface area contributed by atoms with E-state index >= 15 is 0 Å². The van der Waals surface area contributed by atoms with Crippen LogP contribution in [-0.4, -0.2) is 40.0 Å². The van der Waals surface area contributed by atoms with Gasteiger partial charge in [0, 0.05) is 25.2 Å². The van der Waals surface area contributed by atoms with Crippen LogP contribution in [0.15, 0.2) is 28.7 Å². The van der Waals surface area contributed by atoms with Crippen molar-refractivity contribution in [2.24, 2.45) is 5.92 Å². The van der Waals surface area contributed by atoms with E-state index < -0.39 is 0 Å². The Morgan fingerprint density at radius 1 is 1.30 bits per heavy atom. The molecule has 0 saturated carbocycles. The van der Waals surface area contributed by atoms with Crippen molar-refractivity contribution >= 4 is 15.9 Å². The molecule has 4 heteroatoms. The van der Waals surface area contributed by atoms with Gasteiger partial charge < -0.3 is 14.8 Å². The third-order valence-electron chi connectivity index (χ3n) is 3.40. The third-order valence-corrected chi connectivity index (χ3v) is 3.89. The van der Waals surface area contributed by atoms with Gasteiger partial charge in [0.15, 0.2) is 0 Å². The number of hydrogen-bond acceptors (Lipinski definition) is 3. The van der Waals surface area contributed by atoms with E-state index in [2.05, 4.69) is 52.4 Å². The Balaban J connectivity index is 2.52. The van der Waals surface area contributed by atoms with Crippen LogP contribution in [0.5, 0.6) is 0 Å². The smallest absolute Gasteiger partial charge is 0.0587 e. The molecule has 1 aromatic carbocycles. The van der Waals surface area contributed by atoms with Gasteiger partial charge in [0.2, 0.25) is 0 Å². The summed E-state index contributed by atoms with van der Waals surface area (Å²) >= 11 is 3.53. The molecule has 2 atom stereocenters. The highest BCUT2D eigenvalue weighted by Crippen LogP contribution is 2.18. The maximum absolute atomic E-state index is 5.41. The molecule has 0 heterocycles. The maximum atomic E-state index is 5.41. The molecule has 0 aliphatic rings. The summed E-state index contributed by atoms with van der Waals surface area (Å²) in [6.07, 6.45) is 2.41. The van der Waals surface area contributed by atoms with Gasteiger partial charge in [-0.1, -0.05) is 28.1 Å². The molecule has 0 aliphatic carbocycles. The predicted octanol–water partition coefficient (Wildman–Crippen LogP) is 3.27. The van der Waals surface area contributed by atoms with Crippen molar-refractivity contribution in [2.45, 2.75) is 25.9 Å². The second kappa shape index (κ2) is 10.3. The molecule has 1 rings (SSSR count). The Labute approximate surface area is 131 Å². The number of rotatable bonds is 10. The molecule has 0 radical (unpaired) electrons. The summed E-state index contributed by atoms with van der Waals surface area (Å²) in [5.74, 6) is 0.566. The fraction of sp³-hybridized carbons (Fsp3) is 0.625. The molecular formula is C16H26BrNO2. The Bertz CT molecular complexity index is 373. The summed E-state index contributed by atoms with van der Waals surface area (Å²) in [7, 11) is 3.51. The number of methoxy groups -OCH3 is 2. The van der Waals surface area contributed by atoms with Gasteiger partial charge in [0.1, 0.15) is 0 Å². The fourth-order valence-corrected chi connectivity index (χ4v) is 2.73. The van der Waals surface area contributed by atoms with E-state index in [-0.39, 0.29) is 6.10 Å². The average Bonchev–Trinajstić information content (AvgIpc) is 2.43. The number of hydrogen-bond donors (Lipinski definition) is 1. The minimum absolute atomic E-state index is 0.288.